The molecule has 1 aliphatic rings. The van der Waals surface area contributed by atoms with Gasteiger partial charge in [-0.25, -0.2) is 4.39 Å². The van der Waals surface area contributed by atoms with Crippen molar-refractivity contribution >= 4 is 0 Å². The molecule has 1 N–H and O–H groups in total. The topological polar surface area (TPSA) is 21.3 Å². The van der Waals surface area contributed by atoms with Crippen LogP contribution in [-0.4, -0.2) is 25.8 Å². The maximum absolute atomic E-state index is 13.7. The normalized spacial score (nSPS) is 18.6. The number of halogens is 1. The zero-order valence-corrected chi connectivity index (χ0v) is 11.2. The van der Waals surface area contributed by atoms with Crippen LogP contribution in [0.1, 0.15) is 25.3 Å². The van der Waals surface area contributed by atoms with Gasteiger partial charge < -0.3 is 10.1 Å². The van der Waals surface area contributed by atoms with Crippen molar-refractivity contribution in [3.05, 3.63) is 35.6 Å². The van der Waals surface area contributed by atoms with Crippen LogP contribution in [0.5, 0.6) is 0 Å². The van der Waals surface area contributed by atoms with Crippen molar-refractivity contribution in [1.82, 2.24) is 5.32 Å². The van der Waals surface area contributed by atoms with Gasteiger partial charge in [0.1, 0.15) is 5.82 Å². The molecule has 1 aliphatic carbocycles. The lowest BCUT2D eigenvalue weighted by atomic mass is 9.97. The SMILES string of the molecule is CCNC(Cc1ccccc1F)C(OC)C1CC1. The smallest absolute Gasteiger partial charge is 0.126 e. The summed E-state index contributed by atoms with van der Waals surface area (Å²) < 4.78 is 19.3. The first kappa shape index (κ1) is 13.5. The summed E-state index contributed by atoms with van der Waals surface area (Å²) in [7, 11) is 1.76. The largest absolute Gasteiger partial charge is 0.380 e. The van der Waals surface area contributed by atoms with Gasteiger partial charge in [-0.3, -0.25) is 0 Å². The molecule has 0 amide bonds. The lowest BCUT2D eigenvalue weighted by Crippen LogP contribution is -2.44. The molecule has 0 aliphatic heterocycles. The van der Waals surface area contributed by atoms with E-state index in [1.54, 1.807) is 13.2 Å². The number of likely N-dealkylation sites (N-methyl/N-ethyl adjacent to an activating group) is 1. The van der Waals surface area contributed by atoms with E-state index in [4.69, 9.17) is 4.74 Å². The number of rotatable bonds is 7. The summed E-state index contributed by atoms with van der Waals surface area (Å²) in [6, 6.07) is 7.21. The molecule has 2 rings (SSSR count). The van der Waals surface area contributed by atoms with Gasteiger partial charge in [-0.1, -0.05) is 25.1 Å². The van der Waals surface area contributed by atoms with Gasteiger partial charge >= 0.3 is 0 Å². The Balaban J connectivity index is 2.07. The Bertz CT molecular complexity index is 379. The third-order valence-corrected chi connectivity index (χ3v) is 3.62. The summed E-state index contributed by atoms with van der Waals surface area (Å²) in [5.74, 6) is 0.525. The second kappa shape index (κ2) is 6.30. The molecule has 1 saturated carbocycles. The zero-order chi connectivity index (χ0) is 13.0. The van der Waals surface area contributed by atoms with Gasteiger partial charge in [0.05, 0.1) is 6.10 Å². The predicted octanol–water partition coefficient (Wildman–Crippen LogP) is 2.77. The van der Waals surface area contributed by atoms with E-state index in [0.717, 1.165) is 12.1 Å². The van der Waals surface area contributed by atoms with E-state index < -0.39 is 0 Å². The molecule has 2 unspecified atom stereocenters. The minimum Gasteiger partial charge on any atom is -0.380 e. The predicted molar refractivity (Wildman–Crippen MR) is 71.1 cm³/mol. The van der Waals surface area contributed by atoms with Gasteiger partial charge in [-0.2, -0.15) is 0 Å². The standard InChI is InChI=1S/C15H22FNO/c1-3-17-14(15(18-2)11-8-9-11)10-12-6-4-5-7-13(12)16/h4-7,11,14-15,17H,3,8-10H2,1-2H3. The highest BCUT2D eigenvalue weighted by Gasteiger charge is 2.36. The summed E-state index contributed by atoms with van der Waals surface area (Å²) in [6.07, 6.45) is 3.36. The Kier molecular flexibility index (Phi) is 4.72. The summed E-state index contributed by atoms with van der Waals surface area (Å²) in [5, 5.41) is 3.44. The Morgan fingerprint density at radius 2 is 2.11 bits per heavy atom. The molecule has 0 heterocycles. The van der Waals surface area contributed by atoms with Crippen molar-refractivity contribution in [2.24, 2.45) is 5.92 Å². The second-order valence-corrected chi connectivity index (χ2v) is 5.00. The molecular weight excluding hydrogens is 229 g/mol. The molecular formula is C15H22FNO. The maximum Gasteiger partial charge on any atom is 0.126 e. The van der Waals surface area contributed by atoms with E-state index in [9.17, 15) is 4.39 Å². The zero-order valence-electron chi connectivity index (χ0n) is 11.2. The van der Waals surface area contributed by atoms with Crippen molar-refractivity contribution in [3.63, 3.8) is 0 Å². The Morgan fingerprint density at radius 3 is 2.67 bits per heavy atom. The van der Waals surface area contributed by atoms with Gasteiger partial charge in [0.2, 0.25) is 0 Å². The van der Waals surface area contributed by atoms with E-state index in [-0.39, 0.29) is 18.0 Å². The first-order valence-electron chi connectivity index (χ1n) is 6.75. The van der Waals surface area contributed by atoms with E-state index >= 15 is 0 Å². The van der Waals surface area contributed by atoms with E-state index in [2.05, 4.69) is 12.2 Å². The van der Waals surface area contributed by atoms with Gasteiger partial charge in [-0.05, 0) is 43.4 Å². The molecule has 2 atom stereocenters. The molecule has 0 spiro atoms. The molecule has 1 aromatic carbocycles. The summed E-state index contributed by atoms with van der Waals surface area (Å²) >= 11 is 0. The molecule has 0 aromatic heterocycles. The van der Waals surface area contributed by atoms with Crippen LogP contribution in [0.4, 0.5) is 4.39 Å². The maximum atomic E-state index is 13.7. The average Bonchev–Trinajstić information content (AvgIpc) is 3.18. The van der Waals surface area contributed by atoms with E-state index in [0.29, 0.717) is 12.3 Å². The minimum absolute atomic E-state index is 0.119. The highest BCUT2D eigenvalue weighted by Crippen LogP contribution is 2.36. The average molecular weight is 251 g/mol. The number of methoxy groups -OCH3 is 1. The molecule has 1 fully saturated rings. The van der Waals surface area contributed by atoms with Crippen LogP contribution >= 0.6 is 0 Å². The van der Waals surface area contributed by atoms with Gasteiger partial charge in [0.25, 0.3) is 0 Å². The number of ether oxygens (including phenoxy) is 1. The fourth-order valence-electron chi connectivity index (χ4n) is 2.58. The third kappa shape index (κ3) is 3.30. The molecule has 0 radical (unpaired) electrons. The Morgan fingerprint density at radius 1 is 1.39 bits per heavy atom. The molecule has 1 aromatic rings. The molecule has 2 nitrogen and oxygen atoms in total. The highest BCUT2D eigenvalue weighted by atomic mass is 19.1. The van der Waals surface area contributed by atoms with Crippen LogP contribution in [0.2, 0.25) is 0 Å². The lowest BCUT2D eigenvalue weighted by molar-refractivity contribution is 0.0513. The number of hydrogen-bond donors (Lipinski definition) is 1. The van der Waals surface area contributed by atoms with E-state index in [1.165, 1.54) is 18.9 Å². The monoisotopic (exact) mass is 251 g/mol. The molecule has 100 valence electrons. The van der Waals surface area contributed by atoms with Gasteiger partial charge in [0.15, 0.2) is 0 Å². The van der Waals surface area contributed by atoms with Crippen molar-refractivity contribution in [1.29, 1.82) is 0 Å². The second-order valence-electron chi connectivity index (χ2n) is 5.00. The van der Waals surface area contributed by atoms with Crippen LogP contribution < -0.4 is 5.32 Å². The molecule has 18 heavy (non-hydrogen) atoms. The first-order valence-corrected chi connectivity index (χ1v) is 6.75. The quantitative estimate of drug-likeness (QED) is 0.804. The molecule has 0 bridgehead atoms. The van der Waals surface area contributed by atoms with E-state index in [1.807, 2.05) is 12.1 Å². The highest BCUT2D eigenvalue weighted by molar-refractivity contribution is 5.19. The number of benzene rings is 1. The molecule has 3 heteroatoms. The van der Waals surface area contributed by atoms with Crippen molar-refractivity contribution < 1.29 is 9.13 Å². The molecule has 0 saturated heterocycles. The fraction of sp³-hybridized carbons (Fsp3) is 0.600. The Hall–Kier alpha value is -0.930. The summed E-state index contributed by atoms with van der Waals surface area (Å²) in [6.45, 7) is 2.96. The summed E-state index contributed by atoms with van der Waals surface area (Å²) in [5.41, 5.74) is 0.770. The van der Waals surface area contributed by atoms with Crippen LogP contribution in [0.25, 0.3) is 0 Å². The minimum atomic E-state index is -0.119. The fourth-order valence-corrected chi connectivity index (χ4v) is 2.58. The Labute approximate surface area is 109 Å². The number of nitrogens with one attached hydrogen (secondary N) is 1. The van der Waals surface area contributed by atoms with Crippen molar-refractivity contribution in [3.8, 4) is 0 Å². The van der Waals surface area contributed by atoms with Crippen LogP contribution in [0, 0.1) is 11.7 Å². The third-order valence-electron chi connectivity index (χ3n) is 3.62. The lowest BCUT2D eigenvalue weighted by Gasteiger charge is -2.27. The van der Waals surface area contributed by atoms with Gasteiger partial charge in [0, 0.05) is 13.2 Å². The van der Waals surface area contributed by atoms with Crippen LogP contribution in [0.3, 0.4) is 0 Å². The first-order chi connectivity index (χ1) is 8.76. The van der Waals surface area contributed by atoms with Crippen molar-refractivity contribution in [2.75, 3.05) is 13.7 Å². The van der Waals surface area contributed by atoms with Crippen molar-refractivity contribution in [2.45, 2.75) is 38.3 Å². The number of hydrogen-bond acceptors (Lipinski definition) is 2. The summed E-state index contributed by atoms with van der Waals surface area (Å²) in [4.78, 5) is 0. The van der Waals surface area contributed by atoms with Crippen LogP contribution in [-0.2, 0) is 11.2 Å². The van der Waals surface area contributed by atoms with Gasteiger partial charge in [-0.15, -0.1) is 0 Å². The van der Waals surface area contributed by atoms with Crippen LogP contribution in [0.15, 0.2) is 24.3 Å².